The van der Waals surface area contributed by atoms with Crippen molar-refractivity contribution in [3.63, 3.8) is 0 Å². The number of carbonyl (C=O) groups is 11. The molecule has 0 spiro atoms. The number of para-hydroxylation sites is 7. The van der Waals surface area contributed by atoms with Crippen molar-refractivity contribution in [1.29, 1.82) is 5.41 Å². The first-order valence-electron chi connectivity index (χ1n) is 36.3. The van der Waals surface area contributed by atoms with E-state index in [0.717, 1.165) is 0 Å². The highest BCUT2D eigenvalue weighted by Gasteiger charge is 2.25. The number of nitrogens with one attached hydrogen (secondary N) is 1. The van der Waals surface area contributed by atoms with Crippen molar-refractivity contribution in [3.8, 4) is 40.2 Å². The molecule has 0 amide bonds. The molecule has 7 aromatic rings. The van der Waals surface area contributed by atoms with Crippen LogP contribution >= 0.6 is 11.6 Å². The molecule has 0 radical (unpaired) electrons. The van der Waals surface area contributed by atoms with Gasteiger partial charge in [-0.2, -0.15) is 4.89 Å². The lowest BCUT2D eigenvalue weighted by Gasteiger charge is -2.20. The zero-order valence-electron chi connectivity index (χ0n) is 73.0. The first kappa shape index (κ1) is 126. The number of nitrogens with two attached hydrogens (primary N) is 4. The number of benzene rings is 7. The van der Waals surface area contributed by atoms with Crippen LogP contribution in [0.5, 0.6) is 40.2 Å². The summed E-state index contributed by atoms with van der Waals surface area (Å²) in [5.74, 6) is -6.02. The lowest BCUT2D eigenvalue weighted by atomic mass is 10.1. The van der Waals surface area contributed by atoms with Gasteiger partial charge in [0.15, 0.2) is 0 Å². The number of hydrogen-bond acceptors (Lipinski definition) is 32. The topological polar surface area (TPSA) is 588 Å². The summed E-state index contributed by atoms with van der Waals surface area (Å²) in [6, 6.07) is 42.4. The molecule has 0 aliphatic rings. The molecule has 0 unspecified atom stereocenters. The van der Waals surface area contributed by atoms with E-state index in [0.29, 0.717) is 13.0 Å². The van der Waals surface area contributed by atoms with Gasteiger partial charge in [-0.05, 0) is 196 Å². The zero-order chi connectivity index (χ0) is 96.0. The maximum absolute atomic E-state index is 12.0. The number of carboxylic acids is 3. The molecular weight excluding hydrogens is 1610 g/mol. The minimum absolute atomic E-state index is 0.0246. The summed E-state index contributed by atoms with van der Waals surface area (Å²) in [5.41, 5.74) is 15.9. The summed E-state index contributed by atoms with van der Waals surface area (Å²) < 4.78 is 47.4. The Hall–Kier alpha value is -13.1. The van der Waals surface area contributed by atoms with E-state index < -0.39 is 82.5 Å². The average molecular weight is 1740 g/mol. The molecule has 0 fully saturated rings. The number of halogens is 1. The third kappa shape index (κ3) is 67.6. The molecule has 678 valence electrons. The van der Waals surface area contributed by atoms with Gasteiger partial charge >= 0.3 is 65.7 Å². The maximum atomic E-state index is 12.0. The SMILES string of the molecule is CC.CC.CC.CC(C)(C)OC(=O)c1ccccc1O.CC(C)(C)OC(=O)c1ccccc1OC(=O)O.CCOC(=O)Cl.CCOC(=O)Oc1ccccc1C(=O)O.CCOC(=O)Oc1ccccc1C(=O)OC(C)(C)C.CN.CN.CN.CN.COC(=O)c1ccccc1O.COOC=N.O=C(O)c1ccccc1O.O=C(O)c1ccccc1O. The third-order valence-corrected chi connectivity index (χ3v) is 10.8. The van der Waals surface area contributed by atoms with Crippen LogP contribution < -0.4 is 37.1 Å². The monoisotopic (exact) mass is 1730 g/mol. The van der Waals surface area contributed by atoms with Crippen molar-refractivity contribution in [1.82, 2.24) is 0 Å². The first-order valence-corrected chi connectivity index (χ1v) is 36.7. The van der Waals surface area contributed by atoms with Crippen LogP contribution in [0, 0.1) is 5.41 Å². The summed E-state index contributed by atoms with van der Waals surface area (Å²) in [6.07, 6.45) is -2.52. The third-order valence-electron chi connectivity index (χ3n) is 10.7. The van der Waals surface area contributed by atoms with Gasteiger partial charge in [-0.15, -0.1) is 0 Å². The zero-order valence-corrected chi connectivity index (χ0v) is 73.8. The highest BCUT2D eigenvalue weighted by atomic mass is 35.5. The van der Waals surface area contributed by atoms with Gasteiger partial charge in [-0.25, -0.2) is 52.7 Å². The van der Waals surface area contributed by atoms with Crippen molar-refractivity contribution in [3.05, 3.63) is 209 Å². The number of aromatic hydroxyl groups is 4. The number of rotatable bonds is 15. The average Bonchev–Trinajstić information content (AvgIpc) is 0.854. The quantitative estimate of drug-likeness (QED) is 0.00662. The Morgan fingerprint density at radius 2 is 0.570 bits per heavy atom. The number of phenols is 4. The predicted molar refractivity (Wildman–Crippen MR) is 458 cm³/mol. The number of esters is 4. The molecule has 0 saturated heterocycles. The van der Waals surface area contributed by atoms with Gasteiger partial charge in [0, 0.05) is 11.6 Å². The Kier molecular flexibility index (Phi) is 81.3. The second-order valence-electron chi connectivity index (χ2n) is 22.5. The number of phenolic OH excluding ortho intramolecular Hbond substituents is 2. The molecule has 0 aromatic heterocycles. The van der Waals surface area contributed by atoms with Crippen LogP contribution in [0.4, 0.5) is 19.2 Å². The van der Waals surface area contributed by atoms with E-state index in [9.17, 15) is 57.8 Å². The standard InChI is InChI=1S/C14H18O5.C12H14O5.C11H14O3.C10H10O5.C8H8O3.2C7H6O3.C3H5ClO2.C2H5NO2.3C2H6.4CH5N/c1-5-17-13(16)18-11-9-7-6-8-10(11)12(15)19-14(2,3)4;1-12(2,3)17-10(13)8-6-4-5-7-9(8)16-11(14)15;1-11(2,3)14-10(13)8-6-4-5-7-9(8)12;1-2-14-10(13)15-8-6-4-3-5-7(8)9(11)12;1-11-8(10)6-4-2-3-5-7(6)9;2*8-6-4-2-1-3-5(6)7(9)10;1-2-6-3(4)5;1-4-5-2-3;7*1-2/h6-9H,5H2,1-4H3;4-7H,1-3H3,(H,14,15);4-7,12H,1-3H3;3-6H,2H2,1H3,(H,11,12);2-5,9H,1H3;2*1-4,8H,(H,9,10);2H2,1H3;2-3H,1H3;3*1-2H3;4*2H2,1H3. The second-order valence-corrected chi connectivity index (χ2v) is 22.8. The largest absolute Gasteiger partial charge is 0.513 e. The van der Waals surface area contributed by atoms with Gasteiger partial charge < -0.3 is 116 Å². The van der Waals surface area contributed by atoms with E-state index in [1.165, 1.54) is 127 Å². The lowest BCUT2D eigenvalue weighted by Crippen LogP contribution is -2.24. The molecule has 0 saturated carbocycles. The number of carbonyl (C=O) groups excluding carboxylic acids is 7. The predicted octanol–water partition coefficient (Wildman–Crippen LogP) is 16.4. The Bertz CT molecular complexity index is 3960. The van der Waals surface area contributed by atoms with Crippen LogP contribution in [0.1, 0.15) is 197 Å². The highest BCUT2D eigenvalue weighted by Crippen LogP contribution is 2.26. The van der Waals surface area contributed by atoms with Crippen molar-refractivity contribution < 1.29 is 151 Å². The summed E-state index contributed by atoms with van der Waals surface area (Å²) in [6.45, 7) is 33.5. The van der Waals surface area contributed by atoms with Crippen LogP contribution in [-0.2, 0) is 42.9 Å². The molecule has 7 rings (SSSR count). The summed E-state index contributed by atoms with van der Waals surface area (Å²) in [4.78, 5) is 127. The van der Waals surface area contributed by atoms with Crippen LogP contribution in [0.25, 0.3) is 0 Å². The van der Waals surface area contributed by atoms with E-state index in [2.05, 4.69) is 56.4 Å². The van der Waals surface area contributed by atoms with E-state index in [1.807, 2.05) is 41.5 Å². The molecule has 36 nitrogen and oxygen atoms in total. The van der Waals surface area contributed by atoms with Crippen molar-refractivity contribution in [2.24, 2.45) is 22.9 Å². The van der Waals surface area contributed by atoms with Crippen molar-refractivity contribution in [2.75, 3.05) is 62.2 Å². The van der Waals surface area contributed by atoms with E-state index in [-0.39, 0.29) is 92.4 Å². The van der Waals surface area contributed by atoms with E-state index in [1.54, 1.807) is 168 Å². The Morgan fingerprint density at radius 3 is 0.769 bits per heavy atom. The molecule has 0 aliphatic carbocycles. The normalized spacial score (nSPS) is 9.00. The fourth-order valence-electron chi connectivity index (χ4n) is 6.62. The first-order chi connectivity index (χ1) is 57.0. The van der Waals surface area contributed by atoms with E-state index in [4.69, 9.17) is 76.4 Å². The van der Waals surface area contributed by atoms with Gasteiger partial charge in [-0.3, -0.25) is 5.41 Å². The van der Waals surface area contributed by atoms with Gasteiger partial charge in [0.2, 0.25) is 6.40 Å². The Balaban J connectivity index is -0.000000166. The molecule has 0 bridgehead atoms. The number of ether oxygens (including phenoxy) is 10. The van der Waals surface area contributed by atoms with Crippen LogP contribution in [0.2, 0.25) is 0 Å². The van der Waals surface area contributed by atoms with Gasteiger partial charge in [0.25, 0.3) is 0 Å². The number of hydrogen-bond donors (Lipinski definition) is 13. The second kappa shape index (κ2) is 78.1. The van der Waals surface area contributed by atoms with Crippen LogP contribution in [-0.4, -0.2) is 192 Å². The van der Waals surface area contributed by atoms with Crippen LogP contribution in [0.3, 0.4) is 0 Å². The highest BCUT2D eigenvalue weighted by molar-refractivity contribution is 6.61. The number of aromatic carboxylic acids is 3. The van der Waals surface area contributed by atoms with E-state index >= 15 is 0 Å². The molecule has 37 heteroatoms. The minimum Gasteiger partial charge on any atom is -0.507 e. The molecule has 7 aromatic carbocycles. The summed E-state index contributed by atoms with van der Waals surface area (Å²) >= 11 is 4.72. The van der Waals surface area contributed by atoms with Crippen LogP contribution in [0.15, 0.2) is 170 Å². The molecule has 17 N–H and O–H groups in total. The molecule has 0 heterocycles. The van der Waals surface area contributed by atoms with Crippen molar-refractivity contribution >= 4 is 83.7 Å². The summed E-state index contributed by atoms with van der Waals surface area (Å²) in [7, 11) is 8.61. The molecular formula is C84H124ClN5O31. The maximum Gasteiger partial charge on any atom is 0.513 e. The van der Waals surface area contributed by atoms with Crippen molar-refractivity contribution in [2.45, 2.75) is 141 Å². The van der Waals surface area contributed by atoms with Gasteiger partial charge in [-0.1, -0.05) is 126 Å². The smallest absolute Gasteiger partial charge is 0.507 e. The molecule has 121 heavy (non-hydrogen) atoms. The van der Waals surface area contributed by atoms with Gasteiger partial charge in [0.1, 0.15) is 96.0 Å². The molecule has 0 atom stereocenters. The fourth-order valence-corrected chi connectivity index (χ4v) is 6.73. The fraction of sp³-hybridized carbons (Fsp3) is 0.357. The number of methoxy groups -OCH3 is 1. The molecule has 0 aliphatic heterocycles. The Morgan fingerprint density at radius 1 is 0.347 bits per heavy atom. The summed E-state index contributed by atoms with van der Waals surface area (Å²) in [5, 5.41) is 76.5. The Labute approximate surface area is 712 Å². The lowest BCUT2D eigenvalue weighted by molar-refractivity contribution is -0.188. The number of carboxylic acid groups (broad SMARTS) is 4. The minimum atomic E-state index is -1.47. The van der Waals surface area contributed by atoms with Gasteiger partial charge in [0.05, 0.1) is 34.0 Å².